The van der Waals surface area contributed by atoms with Crippen LogP contribution in [-0.2, 0) is 12.8 Å². The smallest absolute Gasteiger partial charge is 0.284 e. The first-order valence-corrected chi connectivity index (χ1v) is 10.6. The molecule has 1 aromatic heterocycles. The van der Waals surface area contributed by atoms with Crippen molar-refractivity contribution in [3.05, 3.63) is 94.2 Å². The van der Waals surface area contributed by atoms with Crippen LogP contribution in [-0.4, -0.2) is 16.0 Å². The molecule has 0 saturated heterocycles. The third kappa shape index (κ3) is 3.03. The van der Waals surface area contributed by atoms with E-state index in [-0.39, 0.29) is 17.6 Å². The second-order valence-corrected chi connectivity index (χ2v) is 8.12. The highest BCUT2D eigenvalue weighted by Crippen LogP contribution is 2.26. The van der Waals surface area contributed by atoms with E-state index in [1.165, 1.54) is 32.7 Å². The number of benzene rings is 3. The second kappa shape index (κ2) is 7.17. The summed E-state index contributed by atoms with van der Waals surface area (Å²) in [5.41, 5.74) is 5.99. The zero-order valence-electron chi connectivity index (χ0n) is 16.9. The summed E-state index contributed by atoms with van der Waals surface area (Å²) in [5.74, 6) is 0.105. The minimum atomic E-state index is -0.256. The molecule has 0 saturated carbocycles. The van der Waals surface area contributed by atoms with Crippen LogP contribution < -0.4 is 10.4 Å². The summed E-state index contributed by atoms with van der Waals surface area (Å²) in [6.45, 7) is 0. The van der Waals surface area contributed by atoms with Gasteiger partial charge in [-0.1, -0.05) is 66.7 Å². The number of carbonyl (C=O) groups excluding carboxylic acids is 1. The first-order valence-electron chi connectivity index (χ1n) is 10.6. The molecule has 3 aromatic carbocycles. The van der Waals surface area contributed by atoms with E-state index in [0.29, 0.717) is 5.89 Å². The van der Waals surface area contributed by atoms with Crippen LogP contribution in [0.3, 0.4) is 0 Å². The van der Waals surface area contributed by atoms with Crippen LogP contribution in [0.25, 0.3) is 34.7 Å². The average molecular weight is 404 g/mol. The van der Waals surface area contributed by atoms with Gasteiger partial charge in [0, 0.05) is 11.5 Å². The van der Waals surface area contributed by atoms with Crippen molar-refractivity contribution in [2.45, 2.75) is 19.3 Å². The van der Waals surface area contributed by atoms with Crippen LogP contribution in [0.2, 0.25) is 0 Å². The molecule has 2 aliphatic rings. The summed E-state index contributed by atoms with van der Waals surface area (Å²) in [6.07, 6.45) is 6.93. The number of hydrogen-bond acceptors (Lipinski definition) is 4. The molecular weight excluding hydrogens is 384 g/mol. The number of hydrogen-bond donors (Lipinski definition) is 0. The van der Waals surface area contributed by atoms with Gasteiger partial charge in [0.1, 0.15) is 0 Å². The molecule has 2 aliphatic carbocycles. The quantitative estimate of drug-likeness (QED) is 0.485. The van der Waals surface area contributed by atoms with Crippen molar-refractivity contribution >= 4 is 17.9 Å². The molecule has 0 bridgehead atoms. The normalized spacial score (nSPS) is 16.3. The Hall–Kier alpha value is -3.79. The lowest BCUT2D eigenvalue weighted by Crippen LogP contribution is -2.37. The molecule has 1 heterocycles. The van der Waals surface area contributed by atoms with Gasteiger partial charge in [-0.2, -0.15) is 0 Å². The van der Waals surface area contributed by atoms with Gasteiger partial charge < -0.3 is 4.42 Å². The zero-order valence-corrected chi connectivity index (χ0v) is 16.9. The topological polar surface area (TPSA) is 56.0 Å². The predicted molar refractivity (Wildman–Crippen MR) is 120 cm³/mol. The second-order valence-electron chi connectivity index (χ2n) is 8.12. The molecule has 0 amide bonds. The Balaban J connectivity index is 1.39. The van der Waals surface area contributed by atoms with E-state index < -0.39 is 0 Å². The van der Waals surface area contributed by atoms with E-state index in [1.54, 1.807) is 0 Å². The fraction of sp³-hybridized carbons (Fsp3) is 0.148. The fourth-order valence-corrected chi connectivity index (χ4v) is 4.71. The van der Waals surface area contributed by atoms with Crippen molar-refractivity contribution in [2.75, 3.05) is 0 Å². The van der Waals surface area contributed by atoms with E-state index in [0.717, 1.165) is 24.8 Å². The average Bonchev–Trinajstić information content (AvgIpc) is 3.34. The van der Waals surface area contributed by atoms with Gasteiger partial charge in [-0.15, -0.1) is 10.2 Å². The molecule has 31 heavy (non-hydrogen) atoms. The number of nitrogens with zero attached hydrogens (tertiary/aromatic N) is 2. The number of fused-ring (bicyclic) bond motifs is 5. The first-order chi connectivity index (χ1) is 15.3. The van der Waals surface area contributed by atoms with Gasteiger partial charge >= 0.3 is 0 Å². The molecule has 4 heteroatoms. The lowest BCUT2D eigenvalue weighted by molar-refractivity contribution is 0.0912. The third-order valence-corrected chi connectivity index (χ3v) is 6.30. The highest BCUT2D eigenvalue weighted by molar-refractivity contribution is 5.97. The van der Waals surface area contributed by atoms with Crippen LogP contribution >= 0.6 is 0 Å². The predicted octanol–water partition coefficient (Wildman–Crippen LogP) is 3.97. The Kier molecular flexibility index (Phi) is 4.17. The molecule has 4 nitrogen and oxygen atoms in total. The molecule has 0 spiro atoms. The number of rotatable bonds is 3. The monoisotopic (exact) mass is 404 g/mol. The highest BCUT2D eigenvalue weighted by Gasteiger charge is 2.27. The Morgan fingerprint density at radius 2 is 1.68 bits per heavy atom. The molecule has 0 radical (unpaired) electrons. The lowest BCUT2D eigenvalue weighted by atomic mass is 9.83. The van der Waals surface area contributed by atoms with Crippen molar-refractivity contribution in [3.8, 4) is 22.6 Å². The van der Waals surface area contributed by atoms with Gasteiger partial charge in [0.15, 0.2) is 0 Å². The first kappa shape index (κ1) is 18.0. The third-order valence-electron chi connectivity index (χ3n) is 6.30. The van der Waals surface area contributed by atoms with Crippen molar-refractivity contribution < 1.29 is 9.21 Å². The van der Waals surface area contributed by atoms with Crippen LogP contribution in [0.5, 0.6) is 0 Å². The zero-order chi connectivity index (χ0) is 20.8. The number of ketones is 1. The van der Waals surface area contributed by atoms with E-state index in [4.69, 9.17) is 4.42 Å². The Labute approximate surface area is 179 Å². The summed E-state index contributed by atoms with van der Waals surface area (Å²) in [5, 5.41) is 10.6. The maximum absolute atomic E-state index is 13.2. The summed E-state index contributed by atoms with van der Waals surface area (Å²) in [4.78, 5) is 13.2. The summed E-state index contributed by atoms with van der Waals surface area (Å²) in [6, 6.07) is 22.5. The van der Waals surface area contributed by atoms with Crippen LogP contribution in [0.15, 0.2) is 71.1 Å². The minimum Gasteiger partial charge on any atom is -0.414 e. The highest BCUT2D eigenvalue weighted by atomic mass is 16.4. The number of aromatic nitrogens is 2. The fourth-order valence-electron chi connectivity index (χ4n) is 4.71. The van der Waals surface area contributed by atoms with Crippen LogP contribution in [0, 0.1) is 5.92 Å². The minimum absolute atomic E-state index is 0.0858. The van der Waals surface area contributed by atoms with Crippen LogP contribution in [0.1, 0.15) is 28.2 Å². The van der Waals surface area contributed by atoms with Gasteiger partial charge in [0.25, 0.3) is 5.89 Å². The van der Waals surface area contributed by atoms with Gasteiger partial charge in [0.05, 0.1) is 0 Å². The molecule has 6 rings (SSSR count). The molecule has 1 atom stereocenters. The van der Waals surface area contributed by atoms with Crippen LogP contribution in [0.4, 0.5) is 0 Å². The molecule has 0 N–H and O–H groups in total. The maximum Gasteiger partial charge on any atom is 0.284 e. The van der Waals surface area contributed by atoms with E-state index in [9.17, 15) is 4.79 Å². The maximum atomic E-state index is 13.2. The Bertz CT molecular complexity index is 1430. The molecule has 4 aromatic rings. The van der Waals surface area contributed by atoms with Gasteiger partial charge in [-0.05, 0) is 64.1 Å². The van der Waals surface area contributed by atoms with Crippen molar-refractivity contribution in [1.29, 1.82) is 0 Å². The summed E-state index contributed by atoms with van der Waals surface area (Å²) < 4.78 is 5.73. The number of aryl methyl sites for hydroxylation is 1. The largest absolute Gasteiger partial charge is 0.414 e. The molecule has 150 valence electrons. The Morgan fingerprint density at radius 1 is 0.839 bits per heavy atom. The lowest BCUT2D eigenvalue weighted by Gasteiger charge is -2.20. The Morgan fingerprint density at radius 3 is 2.58 bits per heavy atom. The summed E-state index contributed by atoms with van der Waals surface area (Å²) in [7, 11) is 0. The number of carbonyl (C=O) groups is 1. The SMILES string of the molecule is O=C(c1nnc(-c2ccccc2)o1)C1C=c2c(ccc3c2=CCc2ccccc2-3)CC1. The molecule has 1 unspecified atom stereocenters. The molecular formula is C27H20N2O2. The standard InChI is InChI=1S/C27H20N2O2/c30-25(27-29-28-26(31-27)19-7-2-1-3-8-19)20-11-10-18-13-14-22-21-9-5-4-6-17(21)12-15-23(22)24(18)16-20/h1-9,13-16,20H,10-12H2. The van der Waals surface area contributed by atoms with E-state index >= 15 is 0 Å². The molecule has 0 fully saturated rings. The van der Waals surface area contributed by atoms with Gasteiger partial charge in [-0.3, -0.25) is 4.79 Å². The molecule has 0 aliphatic heterocycles. The van der Waals surface area contributed by atoms with Crippen molar-refractivity contribution in [1.82, 2.24) is 10.2 Å². The van der Waals surface area contributed by atoms with E-state index in [1.807, 2.05) is 30.3 Å². The van der Waals surface area contributed by atoms with E-state index in [2.05, 4.69) is 58.7 Å². The van der Waals surface area contributed by atoms with Gasteiger partial charge in [-0.25, -0.2) is 0 Å². The van der Waals surface area contributed by atoms with Crippen molar-refractivity contribution in [3.63, 3.8) is 0 Å². The van der Waals surface area contributed by atoms with Crippen molar-refractivity contribution in [2.24, 2.45) is 5.92 Å². The summed E-state index contributed by atoms with van der Waals surface area (Å²) >= 11 is 0. The number of Topliss-reactive ketones (excluding diaryl/α,β-unsaturated/α-hetero) is 1. The van der Waals surface area contributed by atoms with Gasteiger partial charge in [0.2, 0.25) is 11.7 Å².